The summed E-state index contributed by atoms with van der Waals surface area (Å²) in [7, 11) is 1.81. The number of rotatable bonds is 6. The highest BCUT2D eigenvalue weighted by molar-refractivity contribution is 5.64. The predicted molar refractivity (Wildman–Crippen MR) is 93.0 cm³/mol. The highest BCUT2D eigenvalue weighted by Crippen LogP contribution is 2.22. The van der Waals surface area contributed by atoms with E-state index in [9.17, 15) is 9.50 Å². The maximum Gasteiger partial charge on any atom is 0.127 e. The second-order valence-electron chi connectivity index (χ2n) is 6.02. The number of aromatic nitrogens is 1. The number of nitrogens with one attached hydrogen (secondary N) is 3. The van der Waals surface area contributed by atoms with Crippen molar-refractivity contribution in [2.45, 2.75) is 31.7 Å². The van der Waals surface area contributed by atoms with Crippen molar-refractivity contribution in [1.82, 2.24) is 15.6 Å². The average molecular weight is 330 g/mol. The van der Waals surface area contributed by atoms with Gasteiger partial charge in [-0.3, -0.25) is 5.32 Å². The zero-order chi connectivity index (χ0) is 16.9. The van der Waals surface area contributed by atoms with Crippen molar-refractivity contribution in [2.24, 2.45) is 0 Å². The van der Waals surface area contributed by atoms with Crippen LogP contribution in [0.4, 0.5) is 10.2 Å². The van der Waals surface area contributed by atoms with Gasteiger partial charge in [-0.15, -0.1) is 0 Å². The second-order valence-corrected chi connectivity index (χ2v) is 6.02. The van der Waals surface area contributed by atoms with Crippen molar-refractivity contribution in [1.29, 1.82) is 0 Å². The summed E-state index contributed by atoms with van der Waals surface area (Å²) in [4.78, 5) is 4.28. The zero-order valence-electron chi connectivity index (χ0n) is 13.7. The van der Waals surface area contributed by atoms with Gasteiger partial charge in [0, 0.05) is 37.0 Å². The number of halogens is 1. The van der Waals surface area contributed by atoms with Crippen molar-refractivity contribution in [3.05, 3.63) is 47.9 Å². The molecule has 1 aliphatic heterocycles. The number of hydrogen-bond acceptors (Lipinski definition) is 5. The van der Waals surface area contributed by atoms with Gasteiger partial charge in [0.2, 0.25) is 0 Å². The zero-order valence-corrected chi connectivity index (χ0v) is 13.7. The highest BCUT2D eigenvalue weighted by Gasteiger charge is 2.22. The fraction of sp³-hybridized carbons (Fsp3) is 0.389. The highest BCUT2D eigenvalue weighted by atomic mass is 19.1. The molecule has 5 nitrogen and oxygen atoms in total. The third kappa shape index (κ3) is 3.90. The first kappa shape index (κ1) is 16.8. The van der Waals surface area contributed by atoms with E-state index in [4.69, 9.17) is 0 Å². The van der Waals surface area contributed by atoms with Crippen molar-refractivity contribution >= 4 is 5.82 Å². The molecular weight excluding hydrogens is 307 g/mol. The van der Waals surface area contributed by atoms with E-state index in [-0.39, 0.29) is 18.4 Å². The summed E-state index contributed by atoms with van der Waals surface area (Å²) in [5.74, 6) is 0.507. The molecule has 6 heteroatoms. The van der Waals surface area contributed by atoms with Crippen LogP contribution < -0.4 is 16.0 Å². The van der Waals surface area contributed by atoms with Gasteiger partial charge in [0.1, 0.15) is 17.9 Å². The molecule has 0 radical (unpaired) electrons. The van der Waals surface area contributed by atoms with Gasteiger partial charge in [-0.1, -0.05) is 6.07 Å². The number of pyridine rings is 1. The van der Waals surface area contributed by atoms with Gasteiger partial charge < -0.3 is 15.7 Å². The van der Waals surface area contributed by atoms with Crippen LogP contribution in [0.3, 0.4) is 0 Å². The Kier molecular flexibility index (Phi) is 5.40. The molecule has 1 aromatic heterocycles. The molecule has 0 amide bonds. The van der Waals surface area contributed by atoms with E-state index in [1.54, 1.807) is 18.3 Å². The largest absolute Gasteiger partial charge is 0.377 e. The first-order chi connectivity index (χ1) is 11.7. The summed E-state index contributed by atoms with van der Waals surface area (Å²) in [6, 6.07) is 8.86. The molecule has 1 fully saturated rings. The number of anilines is 1. The van der Waals surface area contributed by atoms with E-state index in [0.717, 1.165) is 36.3 Å². The fourth-order valence-electron chi connectivity index (χ4n) is 2.94. The van der Waals surface area contributed by atoms with E-state index in [0.29, 0.717) is 5.56 Å². The Labute approximate surface area is 141 Å². The minimum atomic E-state index is -0.674. The molecule has 3 rings (SSSR count). The van der Waals surface area contributed by atoms with Gasteiger partial charge in [-0.05, 0) is 49.2 Å². The summed E-state index contributed by atoms with van der Waals surface area (Å²) in [6.07, 6.45) is 3.07. The number of aliphatic hydroxyl groups excluding tert-OH is 1. The van der Waals surface area contributed by atoms with E-state index >= 15 is 0 Å². The summed E-state index contributed by atoms with van der Waals surface area (Å²) < 4.78 is 14.1. The molecule has 128 valence electrons. The molecule has 2 heterocycles. The van der Waals surface area contributed by atoms with Crippen LogP contribution in [0.25, 0.3) is 11.1 Å². The van der Waals surface area contributed by atoms with Crippen LogP contribution in [-0.2, 0) is 6.54 Å². The van der Waals surface area contributed by atoms with Crippen molar-refractivity contribution in [3.63, 3.8) is 0 Å². The van der Waals surface area contributed by atoms with Gasteiger partial charge >= 0.3 is 0 Å². The predicted octanol–water partition coefficient (Wildman–Crippen LogP) is 2.09. The van der Waals surface area contributed by atoms with Gasteiger partial charge in [0.05, 0.1) is 0 Å². The standard InChI is InChI=1S/C18H23FN4O/c1-20-17-7-5-13(10-22-17)12-4-6-15(19)14(9-12)11-23-18(24)16-3-2-8-21-16/h4-7,9-10,16,18,21,23-24H,2-3,8,11H2,1H3,(H,20,22). The lowest BCUT2D eigenvalue weighted by Crippen LogP contribution is -2.44. The van der Waals surface area contributed by atoms with Crippen LogP contribution in [0.1, 0.15) is 18.4 Å². The Bertz CT molecular complexity index is 671. The first-order valence-corrected chi connectivity index (χ1v) is 8.25. The number of aliphatic hydroxyl groups is 1. The normalized spacial score (nSPS) is 18.5. The molecule has 1 aliphatic rings. The van der Waals surface area contributed by atoms with Crippen LogP contribution in [0.15, 0.2) is 36.5 Å². The van der Waals surface area contributed by atoms with E-state index in [1.165, 1.54) is 6.07 Å². The molecule has 0 bridgehead atoms. The summed E-state index contributed by atoms with van der Waals surface area (Å²) >= 11 is 0. The Morgan fingerprint density at radius 3 is 2.83 bits per heavy atom. The molecule has 2 atom stereocenters. The van der Waals surface area contributed by atoms with Gasteiger partial charge in [0.25, 0.3) is 0 Å². The number of benzene rings is 1. The maximum absolute atomic E-state index is 14.1. The Balaban J connectivity index is 1.70. The topological polar surface area (TPSA) is 69.2 Å². The van der Waals surface area contributed by atoms with Gasteiger partial charge in [0.15, 0.2) is 0 Å². The quantitative estimate of drug-likeness (QED) is 0.611. The van der Waals surface area contributed by atoms with Crippen molar-refractivity contribution in [2.75, 3.05) is 18.9 Å². The summed E-state index contributed by atoms with van der Waals surface area (Å²) in [5.41, 5.74) is 2.35. The van der Waals surface area contributed by atoms with Crippen LogP contribution in [-0.4, -0.2) is 36.0 Å². The second kappa shape index (κ2) is 7.70. The van der Waals surface area contributed by atoms with Crippen molar-refractivity contribution in [3.8, 4) is 11.1 Å². The van der Waals surface area contributed by atoms with Crippen LogP contribution in [0.5, 0.6) is 0 Å². The Hall–Kier alpha value is -2.02. The average Bonchev–Trinajstić information content (AvgIpc) is 3.16. The minimum Gasteiger partial charge on any atom is -0.377 e. The smallest absolute Gasteiger partial charge is 0.127 e. The van der Waals surface area contributed by atoms with Crippen LogP contribution in [0, 0.1) is 5.82 Å². The molecule has 2 unspecified atom stereocenters. The first-order valence-electron chi connectivity index (χ1n) is 8.25. The lowest BCUT2D eigenvalue weighted by Gasteiger charge is -2.20. The minimum absolute atomic E-state index is 0.0366. The lowest BCUT2D eigenvalue weighted by atomic mass is 10.0. The molecule has 24 heavy (non-hydrogen) atoms. The maximum atomic E-state index is 14.1. The van der Waals surface area contributed by atoms with E-state index in [1.807, 2.05) is 19.2 Å². The van der Waals surface area contributed by atoms with Crippen molar-refractivity contribution < 1.29 is 9.50 Å². The third-order valence-corrected chi connectivity index (χ3v) is 4.38. The summed E-state index contributed by atoms with van der Waals surface area (Å²) in [5, 5.41) is 19.3. The van der Waals surface area contributed by atoms with Crippen LogP contribution >= 0.6 is 0 Å². The fourth-order valence-corrected chi connectivity index (χ4v) is 2.94. The monoisotopic (exact) mass is 330 g/mol. The molecule has 1 aromatic carbocycles. The van der Waals surface area contributed by atoms with Crippen LogP contribution in [0.2, 0.25) is 0 Å². The van der Waals surface area contributed by atoms with E-state index in [2.05, 4.69) is 20.9 Å². The Morgan fingerprint density at radius 2 is 2.17 bits per heavy atom. The number of nitrogens with zero attached hydrogens (tertiary/aromatic N) is 1. The SMILES string of the molecule is CNc1ccc(-c2ccc(F)c(CNC(O)C3CCCN3)c2)cn1. The molecule has 4 N–H and O–H groups in total. The number of hydrogen-bond donors (Lipinski definition) is 4. The Morgan fingerprint density at radius 1 is 1.33 bits per heavy atom. The third-order valence-electron chi connectivity index (χ3n) is 4.38. The molecule has 0 saturated carbocycles. The van der Waals surface area contributed by atoms with Gasteiger partial charge in [-0.2, -0.15) is 0 Å². The van der Waals surface area contributed by atoms with Gasteiger partial charge in [-0.25, -0.2) is 9.37 Å². The molecule has 0 spiro atoms. The molecule has 2 aromatic rings. The van der Waals surface area contributed by atoms with E-state index < -0.39 is 6.23 Å². The molecule has 0 aliphatic carbocycles. The molecular formula is C18H23FN4O. The summed E-state index contributed by atoms with van der Waals surface area (Å²) in [6.45, 7) is 1.20. The molecule has 1 saturated heterocycles. The lowest BCUT2D eigenvalue weighted by molar-refractivity contribution is 0.0990.